The molecule has 0 saturated carbocycles. The zero-order chi connectivity index (χ0) is 19.7. The molecule has 0 amide bonds. The second-order valence-corrected chi connectivity index (χ2v) is 8.59. The highest BCUT2D eigenvalue weighted by atomic mass is 32.2. The number of nitrogens with one attached hydrogen (secondary N) is 3. The van der Waals surface area contributed by atoms with Gasteiger partial charge in [-0.15, -0.1) is 0 Å². The number of H-pyrrole nitrogens is 1. The van der Waals surface area contributed by atoms with Gasteiger partial charge in [-0.1, -0.05) is 6.07 Å². The van der Waals surface area contributed by atoms with Crippen LogP contribution < -0.4 is 10.6 Å². The number of fused-ring (bicyclic) bond motifs is 1. The van der Waals surface area contributed by atoms with Crippen molar-refractivity contribution in [3.8, 4) is 0 Å². The van der Waals surface area contributed by atoms with E-state index in [4.69, 9.17) is 0 Å². The van der Waals surface area contributed by atoms with Crippen molar-refractivity contribution < 1.29 is 8.42 Å². The van der Waals surface area contributed by atoms with E-state index in [1.54, 1.807) is 36.5 Å². The van der Waals surface area contributed by atoms with Crippen LogP contribution in [0.15, 0.2) is 65.7 Å². The van der Waals surface area contributed by atoms with Crippen LogP contribution in [0, 0.1) is 6.92 Å². The van der Waals surface area contributed by atoms with Crippen molar-refractivity contribution in [2.24, 2.45) is 0 Å². The maximum atomic E-state index is 11.7. The van der Waals surface area contributed by atoms with Crippen molar-refractivity contribution in [3.63, 3.8) is 0 Å². The van der Waals surface area contributed by atoms with Crippen LogP contribution >= 0.6 is 0 Å². The summed E-state index contributed by atoms with van der Waals surface area (Å²) in [5.74, 6) is 0.998. The molecule has 3 N–H and O–H groups in total. The second kappa shape index (κ2) is 6.97. The molecule has 0 atom stereocenters. The van der Waals surface area contributed by atoms with E-state index >= 15 is 0 Å². The largest absolute Gasteiger partial charge is 0.359 e. The Balaban J connectivity index is 1.55. The molecule has 142 valence electrons. The molecule has 0 spiro atoms. The zero-order valence-corrected chi connectivity index (χ0v) is 16.2. The van der Waals surface area contributed by atoms with Crippen LogP contribution in [-0.4, -0.2) is 29.6 Å². The number of rotatable bonds is 5. The number of nitrogens with zero attached hydrogens (tertiary/aromatic N) is 2. The topological polar surface area (TPSA) is 99.8 Å². The smallest absolute Gasteiger partial charge is 0.229 e. The van der Waals surface area contributed by atoms with Crippen LogP contribution in [-0.2, 0) is 9.84 Å². The van der Waals surface area contributed by atoms with Crippen LogP contribution in [0.5, 0.6) is 0 Å². The Bertz CT molecular complexity index is 1260. The van der Waals surface area contributed by atoms with Gasteiger partial charge in [0.2, 0.25) is 5.95 Å². The molecule has 2 aromatic heterocycles. The van der Waals surface area contributed by atoms with Gasteiger partial charge in [0.1, 0.15) is 5.82 Å². The van der Waals surface area contributed by atoms with Gasteiger partial charge < -0.3 is 15.6 Å². The van der Waals surface area contributed by atoms with Crippen LogP contribution in [0.25, 0.3) is 10.9 Å². The van der Waals surface area contributed by atoms with Gasteiger partial charge in [0.05, 0.1) is 4.90 Å². The fourth-order valence-corrected chi connectivity index (χ4v) is 3.59. The quantitative estimate of drug-likeness (QED) is 0.471. The molecule has 0 fully saturated rings. The van der Waals surface area contributed by atoms with E-state index in [0.717, 1.165) is 22.3 Å². The third kappa shape index (κ3) is 3.96. The highest BCUT2D eigenvalue weighted by Crippen LogP contribution is 2.23. The summed E-state index contributed by atoms with van der Waals surface area (Å²) in [5, 5.41) is 7.43. The van der Waals surface area contributed by atoms with Gasteiger partial charge >= 0.3 is 0 Å². The Morgan fingerprint density at radius 2 is 1.79 bits per heavy atom. The molecule has 4 aromatic rings. The third-order valence-corrected chi connectivity index (χ3v) is 5.31. The van der Waals surface area contributed by atoms with Crippen LogP contribution in [0.2, 0.25) is 0 Å². The molecule has 0 bridgehead atoms. The van der Waals surface area contributed by atoms with E-state index < -0.39 is 9.84 Å². The first-order valence-corrected chi connectivity index (χ1v) is 10.5. The maximum Gasteiger partial charge on any atom is 0.229 e. The van der Waals surface area contributed by atoms with Gasteiger partial charge in [0.25, 0.3) is 0 Å². The summed E-state index contributed by atoms with van der Waals surface area (Å²) in [6.07, 6.45) is 2.81. The average Bonchev–Trinajstić information content (AvgIpc) is 3.01. The predicted octanol–water partition coefficient (Wildman–Crippen LogP) is 4.16. The Morgan fingerprint density at radius 3 is 2.61 bits per heavy atom. The molecule has 7 nitrogen and oxygen atoms in total. The number of anilines is 4. The van der Waals surface area contributed by atoms with Gasteiger partial charge in [0.15, 0.2) is 9.84 Å². The summed E-state index contributed by atoms with van der Waals surface area (Å²) in [5.41, 5.74) is 3.70. The highest BCUT2D eigenvalue weighted by molar-refractivity contribution is 7.90. The van der Waals surface area contributed by atoms with E-state index in [1.807, 2.05) is 25.1 Å². The predicted molar refractivity (Wildman–Crippen MR) is 111 cm³/mol. The zero-order valence-electron chi connectivity index (χ0n) is 15.4. The average molecular weight is 393 g/mol. The molecule has 0 aliphatic heterocycles. The van der Waals surface area contributed by atoms with Crippen molar-refractivity contribution in [2.75, 3.05) is 16.9 Å². The van der Waals surface area contributed by atoms with E-state index in [0.29, 0.717) is 17.5 Å². The summed E-state index contributed by atoms with van der Waals surface area (Å²) in [6, 6.07) is 16.4. The fourth-order valence-electron chi connectivity index (χ4n) is 2.93. The Hall–Kier alpha value is -3.39. The lowest BCUT2D eigenvalue weighted by atomic mass is 10.2. The fraction of sp³-hybridized carbons (Fsp3) is 0.100. The number of benzene rings is 2. The van der Waals surface area contributed by atoms with Gasteiger partial charge in [0, 0.05) is 40.4 Å². The minimum Gasteiger partial charge on any atom is -0.359 e. The lowest BCUT2D eigenvalue weighted by Crippen LogP contribution is -2.02. The SMILES string of the molecule is Cc1cc2cc(Nc3ccnc(Nc4cccc(S(C)(=O)=O)c4)n3)ccc2[nH]1. The number of sulfone groups is 1. The third-order valence-electron chi connectivity index (χ3n) is 4.20. The van der Waals surface area contributed by atoms with E-state index in [1.165, 1.54) is 6.26 Å². The molecule has 8 heteroatoms. The maximum absolute atomic E-state index is 11.7. The summed E-state index contributed by atoms with van der Waals surface area (Å²) < 4.78 is 23.4. The molecule has 0 aliphatic rings. The summed E-state index contributed by atoms with van der Waals surface area (Å²) in [6.45, 7) is 2.02. The monoisotopic (exact) mass is 393 g/mol. The minimum atomic E-state index is -3.28. The lowest BCUT2D eigenvalue weighted by Gasteiger charge is -2.09. The van der Waals surface area contributed by atoms with Crippen molar-refractivity contribution in [2.45, 2.75) is 11.8 Å². The van der Waals surface area contributed by atoms with Gasteiger partial charge in [-0.2, -0.15) is 4.98 Å². The van der Waals surface area contributed by atoms with Gasteiger partial charge in [-0.25, -0.2) is 13.4 Å². The summed E-state index contributed by atoms with van der Waals surface area (Å²) in [4.78, 5) is 12.2. The van der Waals surface area contributed by atoms with Crippen molar-refractivity contribution in [1.82, 2.24) is 15.0 Å². The number of aromatic amines is 1. The minimum absolute atomic E-state index is 0.238. The molecule has 28 heavy (non-hydrogen) atoms. The molecular formula is C20H19N5O2S. The van der Waals surface area contributed by atoms with E-state index in [9.17, 15) is 8.42 Å². The molecular weight excluding hydrogens is 374 g/mol. The van der Waals surface area contributed by atoms with Crippen LogP contribution in [0.3, 0.4) is 0 Å². The Kier molecular flexibility index (Phi) is 4.48. The molecule has 0 aliphatic carbocycles. The molecule has 0 unspecified atom stereocenters. The molecule has 0 radical (unpaired) electrons. The number of aryl methyl sites for hydroxylation is 1. The molecule has 2 aromatic carbocycles. The number of aromatic nitrogens is 3. The van der Waals surface area contributed by atoms with Crippen molar-refractivity contribution in [1.29, 1.82) is 0 Å². The van der Waals surface area contributed by atoms with Gasteiger partial charge in [-0.3, -0.25) is 0 Å². The summed E-state index contributed by atoms with van der Waals surface area (Å²) >= 11 is 0. The van der Waals surface area contributed by atoms with E-state index in [2.05, 4.69) is 31.7 Å². The van der Waals surface area contributed by atoms with Gasteiger partial charge in [-0.05, 0) is 55.5 Å². The number of hydrogen-bond acceptors (Lipinski definition) is 6. The highest BCUT2D eigenvalue weighted by Gasteiger charge is 2.08. The number of hydrogen-bond donors (Lipinski definition) is 3. The van der Waals surface area contributed by atoms with Crippen molar-refractivity contribution >= 4 is 43.9 Å². The van der Waals surface area contributed by atoms with Crippen molar-refractivity contribution in [3.05, 3.63) is 66.5 Å². The standard InChI is InChI=1S/C20H19N5O2S/c1-13-10-14-11-16(6-7-18(14)22-13)23-19-8-9-21-20(25-19)24-15-4-3-5-17(12-15)28(2,26)27/h3-12,22H,1-2H3,(H2,21,23,24,25). The van der Waals surface area contributed by atoms with E-state index in [-0.39, 0.29) is 4.90 Å². The second-order valence-electron chi connectivity index (χ2n) is 6.57. The molecule has 0 saturated heterocycles. The first kappa shape index (κ1) is 18.0. The molecule has 2 heterocycles. The first-order chi connectivity index (χ1) is 13.4. The molecule has 4 rings (SSSR count). The Labute approximate surface area is 162 Å². The van der Waals surface area contributed by atoms with Crippen LogP contribution in [0.4, 0.5) is 23.1 Å². The lowest BCUT2D eigenvalue weighted by molar-refractivity contribution is 0.602. The first-order valence-electron chi connectivity index (χ1n) is 8.63. The summed E-state index contributed by atoms with van der Waals surface area (Å²) in [7, 11) is -3.28. The Morgan fingerprint density at radius 1 is 0.964 bits per heavy atom. The normalized spacial score (nSPS) is 11.5. The van der Waals surface area contributed by atoms with Crippen LogP contribution in [0.1, 0.15) is 5.69 Å².